The molecule has 0 aliphatic rings. The van der Waals surface area contributed by atoms with Gasteiger partial charge in [-0.1, -0.05) is 22.9 Å². The van der Waals surface area contributed by atoms with Crippen LogP contribution in [0, 0.1) is 0 Å². The Morgan fingerprint density at radius 1 is 1.33 bits per heavy atom. The Morgan fingerprint density at radius 2 is 2.06 bits per heavy atom. The summed E-state index contributed by atoms with van der Waals surface area (Å²) in [6.45, 7) is 2.01. The molecule has 3 nitrogen and oxygen atoms in total. The molecule has 0 saturated carbocycles. The van der Waals surface area contributed by atoms with Gasteiger partial charge in [0.05, 0.1) is 17.4 Å². The van der Waals surface area contributed by atoms with Crippen LogP contribution in [0.4, 0.5) is 0 Å². The van der Waals surface area contributed by atoms with Crippen molar-refractivity contribution < 1.29 is 13.2 Å². The van der Waals surface area contributed by atoms with E-state index in [4.69, 9.17) is 16.3 Å². The molecule has 0 spiro atoms. The van der Waals surface area contributed by atoms with Gasteiger partial charge in [0.2, 0.25) is 0 Å². The normalized spacial score (nSPS) is 11.5. The standard InChI is InChI=1S/C12H16BrClO3S/c1-2-6-18(15,16)7-5-17-12-4-3-11(13)8-10(12)9-14/h3-4,8H,2,5-7,9H2,1H3. The lowest BCUT2D eigenvalue weighted by molar-refractivity contribution is 0.338. The molecule has 0 bridgehead atoms. The minimum absolute atomic E-state index is 0.0403. The molecule has 1 aromatic carbocycles. The molecule has 18 heavy (non-hydrogen) atoms. The summed E-state index contributed by atoms with van der Waals surface area (Å²) in [7, 11) is -3.00. The number of hydrogen-bond donors (Lipinski definition) is 0. The second-order valence-electron chi connectivity index (χ2n) is 3.89. The number of alkyl halides is 1. The number of halogens is 2. The van der Waals surface area contributed by atoms with Crippen molar-refractivity contribution in [3.63, 3.8) is 0 Å². The third-order valence-corrected chi connectivity index (χ3v) is 4.93. The first-order valence-electron chi connectivity index (χ1n) is 5.66. The first kappa shape index (κ1) is 15.8. The van der Waals surface area contributed by atoms with Gasteiger partial charge in [-0.05, 0) is 24.6 Å². The number of ether oxygens (including phenoxy) is 1. The largest absolute Gasteiger partial charge is 0.492 e. The van der Waals surface area contributed by atoms with E-state index in [-0.39, 0.29) is 18.1 Å². The number of hydrogen-bond acceptors (Lipinski definition) is 3. The molecular formula is C12H16BrClO3S. The van der Waals surface area contributed by atoms with Crippen LogP contribution >= 0.6 is 27.5 Å². The Morgan fingerprint density at radius 3 is 2.67 bits per heavy atom. The van der Waals surface area contributed by atoms with E-state index in [1.807, 2.05) is 19.1 Å². The summed E-state index contributed by atoms with van der Waals surface area (Å²) in [5.74, 6) is 1.22. The zero-order valence-corrected chi connectivity index (χ0v) is 13.3. The second kappa shape index (κ2) is 7.36. The summed E-state index contributed by atoms with van der Waals surface area (Å²) < 4.78 is 29.4. The van der Waals surface area contributed by atoms with Crippen LogP contribution in [-0.2, 0) is 15.7 Å². The fraction of sp³-hybridized carbons (Fsp3) is 0.500. The van der Waals surface area contributed by atoms with E-state index in [1.165, 1.54) is 0 Å². The Bertz CT molecular complexity index is 488. The molecule has 0 fully saturated rings. The monoisotopic (exact) mass is 354 g/mol. The van der Waals surface area contributed by atoms with Crippen molar-refractivity contribution in [2.45, 2.75) is 19.2 Å². The number of benzene rings is 1. The second-order valence-corrected chi connectivity index (χ2v) is 7.37. The molecule has 1 rings (SSSR count). The van der Waals surface area contributed by atoms with Crippen LogP contribution in [0.5, 0.6) is 5.75 Å². The van der Waals surface area contributed by atoms with Crippen LogP contribution in [0.2, 0.25) is 0 Å². The average molecular weight is 356 g/mol. The lowest BCUT2D eigenvalue weighted by Crippen LogP contribution is -2.17. The topological polar surface area (TPSA) is 43.4 Å². The summed E-state index contributed by atoms with van der Waals surface area (Å²) in [4.78, 5) is 0. The Kier molecular flexibility index (Phi) is 6.46. The van der Waals surface area contributed by atoms with Crippen molar-refractivity contribution in [2.75, 3.05) is 18.1 Å². The predicted molar refractivity (Wildman–Crippen MR) is 78.1 cm³/mol. The quantitative estimate of drug-likeness (QED) is 0.704. The molecule has 0 amide bonds. The maximum Gasteiger partial charge on any atom is 0.153 e. The summed E-state index contributed by atoms with van der Waals surface area (Å²) in [6.07, 6.45) is 0.632. The van der Waals surface area contributed by atoms with Gasteiger partial charge in [0, 0.05) is 10.0 Å². The van der Waals surface area contributed by atoms with Crippen LogP contribution in [0.3, 0.4) is 0 Å². The first-order valence-corrected chi connectivity index (χ1v) is 8.81. The minimum Gasteiger partial charge on any atom is -0.492 e. The van der Waals surface area contributed by atoms with E-state index in [2.05, 4.69) is 15.9 Å². The summed E-state index contributed by atoms with van der Waals surface area (Å²) >= 11 is 9.15. The highest BCUT2D eigenvalue weighted by Crippen LogP contribution is 2.24. The van der Waals surface area contributed by atoms with Crippen LogP contribution < -0.4 is 4.74 Å². The molecule has 0 aliphatic carbocycles. The third kappa shape index (κ3) is 5.16. The van der Waals surface area contributed by atoms with Crippen LogP contribution in [0.15, 0.2) is 22.7 Å². The lowest BCUT2D eigenvalue weighted by Gasteiger charge is -2.10. The molecular weight excluding hydrogens is 340 g/mol. The Hall–Kier alpha value is -0.260. The Balaban J connectivity index is 2.59. The molecule has 0 aromatic heterocycles. The molecule has 0 radical (unpaired) electrons. The van der Waals surface area contributed by atoms with E-state index in [9.17, 15) is 8.42 Å². The van der Waals surface area contributed by atoms with E-state index in [1.54, 1.807) is 6.07 Å². The highest BCUT2D eigenvalue weighted by molar-refractivity contribution is 9.10. The van der Waals surface area contributed by atoms with Gasteiger partial charge in [0.1, 0.15) is 12.4 Å². The molecule has 1 aromatic rings. The van der Waals surface area contributed by atoms with Crippen molar-refractivity contribution in [1.29, 1.82) is 0 Å². The molecule has 0 unspecified atom stereocenters. The average Bonchev–Trinajstić information content (AvgIpc) is 2.30. The predicted octanol–water partition coefficient (Wildman–Crippen LogP) is 3.39. The van der Waals surface area contributed by atoms with Crippen molar-refractivity contribution in [2.24, 2.45) is 0 Å². The summed E-state index contributed by atoms with van der Waals surface area (Å²) in [6, 6.07) is 5.49. The number of sulfone groups is 1. The smallest absolute Gasteiger partial charge is 0.153 e. The maximum atomic E-state index is 11.5. The van der Waals surface area contributed by atoms with Gasteiger partial charge in [-0.15, -0.1) is 11.6 Å². The lowest BCUT2D eigenvalue weighted by atomic mass is 10.2. The van der Waals surface area contributed by atoms with Crippen molar-refractivity contribution in [3.05, 3.63) is 28.2 Å². The maximum absolute atomic E-state index is 11.5. The zero-order valence-electron chi connectivity index (χ0n) is 10.2. The van der Waals surface area contributed by atoms with Gasteiger partial charge in [0.25, 0.3) is 0 Å². The zero-order chi connectivity index (χ0) is 13.6. The van der Waals surface area contributed by atoms with Crippen LogP contribution in [-0.4, -0.2) is 26.5 Å². The van der Waals surface area contributed by atoms with Crippen LogP contribution in [0.25, 0.3) is 0 Å². The highest BCUT2D eigenvalue weighted by Gasteiger charge is 2.10. The van der Waals surface area contributed by atoms with Gasteiger partial charge >= 0.3 is 0 Å². The van der Waals surface area contributed by atoms with Gasteiger partial charge in [-0.2, -0.15) is 0 Å². The fourth-order valence-corrected chi connectivity index (χ4v) is 3.27. The number of rotatable bonds is 7. The summed E-state index contributed by atoms with van der Waals surface area (Å²) in [5.41, 5.74) is 0.846. The molecule has 0 heterocycles. The molecule has 0 aliphatic heterocycles. The van der Waals surface area contributed by atoms with E-state index in [0.29, 0.717) is 18.1 Å². The fourth-order valence-electron chi connectivity index (χ4n) is 1.48. The van der Waals surface area contributed by atoms with Gasteiger partial charge < -0.3 is 4.74 Å². The van der Waals surface area contributed by atoms with Crippen LogP contribution in [0.1, 0.15) is 18.9 Å². The minimum atomic E-state index is -3.00. The van der Waals surface area contributed by atoms with Gasteiger partial charge in [-0.25, -0.2) is 8.42 Å². The molecule has 0 N–H and O–H groups in total. The van der Waals surface area contributed by atoms with Gasteiger partial charge in [0.15, 0.2) is 9.84 Å². The molecule has 0 atom stereocenters. The van der Waals surface area contributed by atoms with Gasteiger partial charge in [-0.3, -0.25) is 0 Å². The summed E-state index contributed by atoms with van der Waals surface area (Å²) in [5, 5.41) is 0. The van der Waals surface area contributed by atoms with Crippen molar-refractivity contribution >= 4 is 37.4 Å². The van der Waals surface area contributed by atoms with Crippen molar-refractivity contribution in [1.82, 2.24) is 0 Å². The first-order chi connectivity index (χ1) is 8.48. The van der Waals surface area contributed by atoms with E-state index < -0.39 is 9.84 Å². The van der Waals surface area contributed by atoms with Crippen molar-refractivity contribution in [3.8, 4) is 5.75 Å². The Labute approximate surface area is 122 Å². The van der Waals surface area contributed by atoms with E-state index in [0.717, 1.165) is 10.0 Å². The highest BCUT2D eigenvalue weighted by atomic mass is 79.9. The molecule has 6 heteroatoms. The molecule has 0 saturated heterocycles. The third-order valence-electron chi connectivity index (χ3n) is 2.33. The van der Waals surface area contributed by atoms with E-state index >= 15 is 0 Å². The molecule has 102 valence electrons. The SMILES string of the molecule is CCCS(=O)(=O)CCOc1ccc(Br)cc1CCl.